The van der Waals surface area contributed by atoms with Crippen molar-refractivity contribution in [2.24, 2.45) is 0 Å². The number of hydrogen-bond donors (Lipinski definition) is 2. The van der Waals surface area contributed by atoms with Gasteiger partial charge in [0, 0.05) is 26.2 Å². The van der Waals surface area contributed by atoms with Crippen LogP contribution in [0.5, 0.6) is 5.75 Å². The van der Waals surface area contributed by atoms with E-state index in [1.165, 1.54) is 28.7 Å². The fourth-order valence-electron chi connectivity index (χ4n) is 3.54. The molecule has 1 aliphatic rings. The van der Waals surface area contributed by atoms with Gasteiger partial charge in [0.25, 0.3) is 0 Å². The Morgan fingerprint density at radius 1 is 1.12 bits per heavy atom. The summed E-state index contributed by atoms with van der Waals surface area (Å²) in [5, 5.41) is 15.3. The lowest BCUT2D eigenvalue weighted by Crippen LogP contribution is -2.36. The molecular weight excluding hydrogens is 470 g/mol. The average Bonchev–Trinajstić information content (AvgIpc) is 3.31. The molecule has 34 heavy (non-hydrogen) atoms. The van der Waals surface area contributed by atoms with Crippen LogP contribution in [0.3, 0.4) is 0 Å². The molecular formula is C24H29N5O3S2. The molecule has 2 N–H and O–H groups in total. The third kappa shape index (κ3) is 7.17. The van der Waals surface area contributed by atoms with E-state index < -0.39 is 0 Å². The van der Waals surface area contributed by atoms with Gasteiger partial charge in [-0.05, 0) is 30.2 Å². The molecule has 1 aliphatic heterocycles. The predicted octanol–water partition coefficient (Wildman–Crippen LogP) is 3.92. The average molecular weight is 500 g/mol. The molecule has 10 heteroatoms. The quantitative estimate of drug-likeness (QED) is 0.384. The van der Waals surface area contributed by atoms with Gasteiger partial charge in [-0.15, -0.1) is 10.2 Å². The van der Waals surface area contributed by atoms with Gasteiger partial charge >= 0.3 is 0 Å². The minimum atomic E-state index is -0.0300. The summed E-state index contributed by atoms with van der Waals surface area (Å²) in [6, 6.07) is 16.0. The fraction of sp³-hybridized carbons (Fsp3) is 0.375. The van der Waals surface area contributed by atoms with Gasteiger partial charge in [0.2, 0.25) is 11.0 Å². The summed E-state index contributed by atoms with van der Waals surface area (Å²) in [4.78, 5) is 14.9. The Morgan fingerprint density at radius 2 is 1.88 bits per heavy atom. The molecule has 2 heterocycles. The Hall–Kier alpha value is -2.66. The first kappa shape index (κ1) is 24.5. The third-order valence-corrected chi connectivity index (χ3v) is 7.23. The molecule has 8 nitrogen and oxygen atoms in total. The van der Waals surface area contributed by atoms with Crippen molar-refractivity contribution in [3.63, 3.8) is 0 Å². The number of rotatable bonds is 11. The molecule has 0 unspecified atom stereocenters. The molecule has 180 valence electrons. The van der Waals surface area contributed by atoms with Crippen LogP contribution in [0.1, 0.15) is 18.1 Å². The van der Waals surface area contributed by atoms with Crippen molar-refractivity contribution in [2.75, 3.05) is 44.0 Å². The van der Waals surface area contributed by atoms with Crippen molar-refractivity contribution in [3.05, 3.63) is 59.7 Å². The Labute approximate surface area is 208 Å². The predicted molar refractivity (Wildman–Crippen MR) is 136 cm³/mol. The van der Waals surface area contributed by atoms with E-state index in [0.29, 0.717) is 18.3 Å². The van der Waals surface area contributed by atoms with Crippen molar-refractivity contribution in [2.45, 2.75) is 24.4 Å². The van der Waals surface area contributed by atoms with Gasteiger partial charge in [-0.2, -0.15) is 0 Å². The van der Waals surface area contributed by atoms with Crippen molar-refractivity contribution in [3.8, 4) is 5.75 Å². The summed E-state index contributed by atoms with van der Waals surface area (Å²) in [5.74, 6) is 1.02. The van der Waals surface area contributed by atoms with Crippen molar-refractivity contribution in [1.29, 1.82) is 0 Å². The van der Waals surface area contributed by atoms with Crippen LogP contribution in [0.2, 0.25) is 0 Å². The molecule has 1 amide bonds. The normalized spacial score (nSPS) is 14.0. The van der Waals surface area contributed by atoms with Crippen LogP contribution >= 0.6 is 23.1 Å². The number of para-hydroxylation sites is 2. The highest BCUT2D eigenvalue weighted by atomic mass is 32.2. The second-order valence-corrected chi connectivity index (χ2v) is 9.85. The molecule has 0 bridgehead atoms. The number of anilines is 2. The van der Waals surface area contributed by atoms with E-state index >= 15 is 0 Å². The van der Waals surface area contributed by atoms with E-state index in [-0.39, 0.29) is 11.7 Å². The number of carbonyl (C=O) groups excluding carboxylic acids is 1. The van der Waals surface area contributed by atoms with Gasteiger partial charge in [0.15, 0.2) is 4.34 Å². The van der Waals surface area contributed by atoms with Crippen LogP contribution in [0.4, 0.5) is 10.8 Å². The number of nitrogens with one attached hydrogen (secondary N) is 2. The van der Waals surface area contributed by atoms with Gasteiger partial charge < -0.3 is 20.1 Å². The molecule has 0 spiro atoms. The van der Waals surface area contributed by atoms with E-state index in [1.54, 1.807) is 0 Å². The number of nitrogens with zero attached hydrogens (tertiary/aromatic N) is 3. The highest BCUT2D eigenvalue weighted by Crippen LogP contribution is 2.31. The number of aromatic nitrogens is 2. The zero-order valence-corrected chi connectivity index (χ0v) is 20.8. The minimum absolute atomic E-state index is 0.0300. The molecule has 1 saturated heterocycles. The summed E-state index contributed by atoms with van der Waals surface area (Å²) in [7, 11) is 0. The highest BCUT2D eigenvalue weighted by molar-refractivity contribution is 8.01. The second-order valence-electron chi connectivity index (χ2n) is 7.65. The molecule has 1 fully saturated rings. The zero-order valence-electron chi connectivity index (χ0n) is 19.2. The molecule has 0 radical (unpaired) electrons. The van der Waals surface area contributed by atoms with E-state index in [9.17, 15) is 4.79 Å². The standard InChI is InChI=1S/C24H29N5O3S2/c1-2-32-21-10-6-5-9-20(21)26-23-27-28-24(34-23)33-17-22(30)25-15-18-7-3-4-8-19(18)16-29-11-13-31-14-12-29/h3-10H,2,11-17H2,1H3,(H,25,30)(H,26,27). The Bertz CT molecular complexity index is 1070. The minimum Gasteiger partial charge on any atom is -0.492 e. The van der Waals surface area contributed by atoms with Crippen LogP contribution in [-0.2, 0) is 22.6 Å². The van der Waals surface area contributed by atoms with E-state index in [2.05, 4.69) is 37.9 Å². The summed E-state index contributed by atoms with van der Waals surface area (Å²) in [6.45, 7) is 7.34. The molecule has 0 aliphatic carbocycles. The molecule has 4 rings (SSSR count). The first-order chi connectivity index (χ1) is 16.7. The van der Waals surface area contributed by atoms with Gasteiger partial charge in [0.05, 0.1) is 31.3 Å². The first-order valence-electron chi connectivity index (χ1n) is 11.3. The summed E-state index contributed by atoms with van der Waals surface area (Å²) < 4.78 is 11.8. The first-order valence-corrected chi connectivity index (χ1v) is 13.1. The second kappa shape index (κ2) is 12.7. The molecule has 1 aromatic heterocycles. The number of ether oxygens (including phenoxy) is 2. The third-order valence-electron chi connectivity index (χ3n) is 5.25. The van der Waals surface area contributed by atoms with Gasteiger partial charge in [-0.3, -0.25) is 9.69 Å². The van der Waals surface area contributed by atoms with Crippen LogP contribution in [0.15, 0.2) is 52.9 Å². The van der Waals surface area contributed by atoms with E-state index in [0.717, 1.165) is 54.2 Å². The van der Waals surface area contributed by atoms with Crippen molar-refractivity contribution < 1.29 is 14.3 Å². The van der Waals surface area contributed by atoms with Crippen LogP contribution in [0.25, 0.3) is 0 Å². The maximum atomic E-state index is 12.5. The number of hydrogen-bond acceptors (Lipinski definition) is 9. The molecule has 0 saturated carbocycles. The van der Waals surface area contributed by atoms with Crippen molar-refractivity contribution in [1.82, 2.24) is 20.4 Å². The Balaban J connectivity index is 1.25. The topological polar surface area (TPSA) is 88.6 Å². The Morgan fingerprint density at radius 3 is 2.71 bits per heavy atom. The maximum Gasteiger partial charge on any atom is 0.230 e. The summed E-state index contributed by atoms with van der Waals surface area (Å²) in [5.41, 5.74) is 3.22. The lowest BCUT2D eigenvalue weighted by Gasteiger charge is -2.27. The van der Waals surface area contributed by atoms with E-state index in [4.69, 9.17) is 9.47 Å². The number of benzene rings is 2. The van der Waals surface area contributed by atoms with Crippen molar-refractivity contribution >= 4 is 39.8 Å². The summed E-state index contributed by atoms with van der Waals surface area (Å²) >= 11 is 2.79. The maximum absolute atomic E-state index is 12.5. The largest absolute Gasteiger partial charge is 0.492 e. The SMILES string of the molecule is CCOc1ccccc1Nc1nnc(SCC(=O)NCc2ccccc2CN2CCOCC2)s1. The van der Waals surface area contributed by atoms with Crippen LogP contribution < -0.4 is 15.4 Å². The molecule has 2 aromatic carbocycles. The number of carbonyl (C=O) groups is 1. The van der Waals surface area contributed by atoms with Crippen LogP contribution in [0, 0.1) is 0 Å². The van der Waals surface area contributed by atoms with Crippen LogP contribution in [-0.4, -0.2) is 59.7 Å². The fourth-order valence-corrected chi connectivity index (χ4v) is 5.14. The van der Waals surface area contributed by atoms with Gasteiger partial charge in [-0.1, -0.05) is 59.5 Å². The van der Waals surface area contributed by atoms with E-state index in [1.807, 2.05) is 43.3 Å². The molecule has 3 aromatic rings. The van der Waals surface area contributed by atoms with Gasteiger partial charge in [0.1, 0.15) is 5.75 Å². The molecule has 0 atom stereocenters. The lowest BCUT2D eigenvalue weighted by molar-refractivity contribution is -0.118. The highest BCUT2D eigenvalue weighted by Gasteiger charge is 2.14. The lowest BCUT2D eigenvalue weighted by atomic mass is 10.1. The number of morpholine rings is 1. The number of amides is 1. The zero-order chi connectivity index (χ0) is 23.6. The van der Waals surface area contributed by atoms with Gasteiger partial charge in [-0.25, -0.2) is 0 Å². The smallest absolute Gasteiger partial charge is 0.230 e. The number of thioether (sulfide) groups is 1. The monoisotopic (exact) mass is 499 g/mol. The Kier molecular flexibility index (Phi) is 9.14. The summed E-state index contributed by atoms with van der Waals surface area (Å²) in [6.07, 6.45) is 0.